The van der Waals surface area contributed by atoms with Crippen LogP contribution in [0.5, 0.6) is 0 Å². The molecule has 0 amide bonds. The maximum absolute atomic E-state index is 6.07. The van der Waals surface area contributed by atoms with Gasteiger partial charge in [0, 0.05) is 12.6 Å². The summed E-state index contributed by atoms with van der Waals surface area (Å²) in [6.07, 6.45) is 12.6. The summed E-state index contributed by atoms with van der Waals surface area (Å²) >= 11 is 0. The molecule has 1 rings (SSSR count). The third-order valence-corrected chi connectivity index (χ3v) is 4.39. The van der Waals surface area contributed by atoms with Crippen molar-refractivity contribution in [3.8, 4) is 0 Å². The molecule has 2 heteroatoms. The van der Waals surface area contributed by atoms with Crippen LogP contribution >= 0.6 is 0 Å². The van der Waals surface area contributed by atoms with E-state index in [-0.39, 0.29) is 0 Å². The SMILES string of the molecule is CCCNC(C1CCCCCC1)C(CCC)OCC. The van der Waals surface area contributed by atoms with Crippen molar-refractivity contribution in [2.24, 2.45) is 5.92 Å². The lowest BCUT2D eigenvalue weighted by molar-refractivity contribution is 0.00918. The summed E-state index contributed by atoms with van der Waals surface area (Å²) in [5, 5.41) is 3.81. The van der Waals surface area contributed by atoms with E-state index < -0.39 is 0 Å². The molecule has 0 aromatic carbocycles. The second-order valence-electron chi connectivity index (χ2n) is 6.01. The predicted octanol–water partition coefficient (Wildman–Crippen LogP) is 4.53. The molecule has 0 radical (unpaired) electrons. The first kappa shape index (κ1) is 17.0. The molecule has 114 valence electrons. The lowest BCUT2D eigenvalue weighted by Gasteiger charge is -2.34. The molecular weight excluding hydrogens is 234 g/mol. The Hall–Kier alpha value is -0.0800. The van der Waals surface area contributed by atoms with E-state index in [2.05, 4.69) is 26.1 Å². The predicted molar refractivity (Wildman–Crippen MR) is 83.6 cm³/mol. The Balaban J connectivity index is 2.64. The molecule has 1 fully saturated rings. The molecule has 2 unspecified atom stereocenters. The maximum atomic E-state index is 6.07. The number of hydrogen-bond acceptors (Lipinski definition) is 2. The van der Waals surface area contributed by atoms with Gasteiger partial charge in [0.15, 0.2) is 0 Å². The van der Waals surface area contributed by atoms with E-state index in [1.165, 1.54) is 57.8 Å². The molecule has 2 nitrogen and oxygen atoms in total. The van der Waals surface area contributed by atoms with Gasteiger partial charge in [-0.15, -0.1) is 0 Å². The Morgan fingerprint density at radius 1 is 1.00 bits per heavy atom. The van der Waals surface area contributed by atoms with Crippen molar-refractivity contribution in [1.82, 2.24) is 5.32 Å². The average Bonchev–Trinajstić information content (AvgIpc) is 2.69. The van der Waals surface area contributed by atoms with Crippen LogP contribution in [0.3, 0.4) is 0 Å². The normalized spacial score (nSPS) is 21.0. The van der Waals surface area contributed by atoms with Gasteiger partial charge in [-0.3, -0.25) is 0 Å². The molecule has 0 aromatic heterocycles. The molecule has 2 atom stereocenters. The molecule has 19 heavy (non-hydrogen) atoms. The van der Waals surface area contributed by atoms with Crippen molar-refractivity contribution in [3.05, 3.63) is 0 Å². The first-order valence-corrected chi connectivity index (χ1v) is 8.68. The van der Waals surface area contributed by atoms with Gasteiger partial charge in [0.2, 0.25) is 0 Å². The minimum atomic E-state index is 0.421. The van der Waals surface area contributed by atoms with Crippen molar-refractivity contribution in [1.29, 1.82) is 0 Å². The van der Waals surface area contributed by atoms with Gasteiger partial charge in [-0.05, 0) is 45.1 Å². The van der Waals surface area contributed by atoms with Gasteiger partial charge in [0.25, 0.3) is 0 Å². The highest BCUT2D eigenvalue weighted by atomic mass is 16.5. The average molecular weight is 269 g/mol. The highest BCUT2D eigenvalue weighted by Crippen LogP contribution is 2.29. The molecule has 0 aromatic rings. The largest absolute Gasteiger partial charge is 0.377 e. The standard InChI is InChI=1S/C17H35NO/c1-4-11-16(19-6-3)17(18-14-5-2)15-12-9-7-8-10-13-15/h15-18H,4-14H2,1-3H3. The Labute approximate surface area is 120 Å². The molecule has 0 aliphatic heterocycles. The van der Waals surface area contributed by atoms with Gasteiger partial charge >= 0.3 is 0 Å². The number of nitrogens with one attached hydrogen (secondary N) is 1. The zero-order valence-electron chi connectivity index (χ0n) is 13.4. The zero-order chi connectivity index (χ0) is 13.9. The van der Waals surface area contributed by atoms with Crippen molar-refractivity contribution in [3.63, 3.8) is 0 Å². The molecule has 0 bridgehead atoms. The van der Waals surface area contributed by atoms with Crippen molar-refractivity contribution in [2.75, 3.05) is 13.2 Å². The van der Waals surface area contributed by atoms with E-state index in [1.54, 1.807) is 0 Å². The molecule has 0 saturated heterocycles. The van der Waals surface area contributed by atoms with E-state index in [1.807, 2.05) is 0 Å². The second-order valence-corrected chi connectivity index (χ2v) is 6.01. The quantitative estimate of drug-likeness (QED) is 0.621. The first-order valence-electron chi connectivity index (χ1n) is 8.68. The lowest BCUT2D eigenvalue weighted by atomic mass is 9.86. The van der Waals surface area contributed by atoms with Crippen LogP contribution < -0.4 is 5.32 Å². The fourth-order valence-corrected chi connectivity index (χ4v) is 3.45. The van der Waals surface area contributed by atoms with Gasteiger partial charge in [-0.2, -0.15) is 0 Å². The van der Waals surface area contributed by atoms with Crippen LogP contribution in [0.1, 0.15) is 78.6 Å². The summed E-state index contributed by atoms with van der Waals surface area (Å²) < 4.78 is 6.07. The van der Waals surface area contributed by atoms with Crippen LogP contribution in [0, 0.1) is 5.92 Å². The van der Waals surface area contributed by atoms with Crippen LogP contribution in [0.15, 0.2) is 0 Å². The van der Waals surface area contributed by atoms with Gasteiger partial charge in [-0.1, -0.05) is 46.0 Å². The summed E-state index contributed by atoms with van der Waals surface area (Å²) in [4.78, 5) is 0. The smallest absolute Gasteiger partial charge is 0.0730 e. The summed E-state index contributed by atoms with van der Waals surface area (Å²) in [6.45, 7) is 8.64. The van der Waals surface area contributed by atoms with E-state index in [0.717, 1.165) is 19.1 Å². The fraction of sp³-hybridized carbons (Fsp3) is 1.00. The van der Waals surface area contributed by atoms with E-state index >= 15 is 0 Å². The van der Waals surface area contributed by atoms with Crippen LogP contribution in [0.4, 0.5) is 0 Å². The van der Waals surface area contributed by atoms with Crippen LogP contribution in [0.2, 0.25) is 0 Å². The topological polar surface area (TPSA) is 21.3 Å². The molecule has 1 aliphatic rings. The highest BCUT2D eigenvalue weighted by Gasteiger charge is 2.29. The number of ether oxygens (including phenoxy) is 1. The monoisotopic (exact) mass is 269 g/mol. The minimum Gasteiger partial charge on any atom is -0.377 e. The Morgan fingerprint density at radius 2 is 1.68 bits per heavy atom. The zero-order valence-corrected chi connectivity index (χ0v) is 13.4. The first-order chi connectivity index (χ1) is 9.33. The summed E-state index contributed by atoms with van der Waals surface area (Å²) in [5.41, 5.74) is 0. The van der Waals surface area contributed by atoms with Crippen molar-refractivity contribution >= 4 is 0 Å². The van der Waals surface area contributed by atoms with Crippen molar-refractivity contribution in [2.45, 2.75) is 90.7 Å². The summed E-state index contributed by atoms with van der Waals surface area (Å²) in [5.74, 6) is 0.831. The number of hydrogen-bond donors (Lipinski definition) is 1. The van der Waals surface area contributed by atoms with Gasteiger partial charge < -0.3 is 10.1 Å². The van der Waals surface area contributed by atoms with Crippen molar-refractivity contribution < 1.29 is 4.74 Å². The molecule has 1 saturated carbocycles. The second kappa shape index (κ2) is 10.7. The lowest BCUT2D eigenvalue weighted by Crippen LogP contribution is -2.47. The van der Waals surface area contributed by atoms with Crippen LogP contribution in [-0.2, 0) is 4.74 Å². The minimum absolute atomic E-state index is 0.421. The summed E-state index contributed by atoms with van der Waals surface area (Å²) in [7, 11) is 0. The molecule has 1 aliphatic carbocycles. The van der Waals surface area contributed by atoms with Gasteiger partial charge in [-0.25, -0.2) is 0 Å². The third kappa shape index (κ3) is 6.27. The van der Waals surface area contributed by atoms with Crippen LogP contribution in [-0.4, -0.2) is 25.3 Å². The molecule has 0 spiro atoms. The Morgan fingerprint density at radius 3 is 2.21 bits per heavy atom. The third-order valence-electron chi connectivity index (χ3n) is 4.39. The molecule has 0 heterocycles. The summed E-state index contributed by atoms with van der Waals surface area (Å²) in [6, 6.07) is 0.581. The van der Waals surface area contributed by atoms with E-state index in [0.29, 0.717) is 12.1 Å². The van der Waals surface area contributed by atoms with E-state index in [9.17, 15) is 0 Å². The Kier molecular flexibility index (Phi) is 9.54. The highest BCUT2D eigenvalue weighted by molar-refractivity contribution is 4.85. The molecular formula is C17H35NO. The molecule has 1 N–H and O–H groups in total. The maximum Gasteiger partial charge on any atom is 0.0730 e. The van der Waals surface area contributed by atoms with Crippen LogP contribution in [0.25, 0.3) is 0 Å². The number of rotatable bonds is 9. The van der Waals surface area contributed by atoms with Gasteiger partial charge in [0.1, 0.15) is 0 Å². The Bertz CT molecular complexity index is 191. The van der Waals surface area contributed by atoms with E-state index in [4.69, 9.17) is 4.74 Å². The fourth-order valence-electron chi connectivity index (χ4n) is 3.45. The van der Waals surface area contributed by atoms with Gasteiger partial charge in [0.05, 0.1) is 6.10 Å².